The van der Waals surface area contributed by atoms with E-state index in [1.54, 1.807) is 0 Å². The van der Waals surface area contributed by atoms with Gasteiger partial charge in [-0.1, -0.05) is 39.2 Å². The minimum Gasteiger partial charge on any atom is -0.309 e. The van der Waals surface area contributed by atoms with Gasteiger partial charge in [-0.15, -0.1) is 0 Å². The van der Waals surface area contributed by atoms with Gasteiger partial charge >= 0.3 is 0 Å². The third-order valence-corrected chi connectivity index (χ3v) is 4.52. The summed E-state index contributed by atoms with van der Waals surface area (Å²) >= 11 is 0. The standard InChI is InChI=1S/C17H28N2/c1-4-14-9-7-10-15(12-14)17(18-5-2)16-11-6-8-13(3)19-16/h6,8,11,14-15,17-18H,4-5,7,9-10,12H2,1-3H3. The first-order valence-corrected chi connectivity index (χ1v) is 7.91. The van der Waals surface area contributed by atoms with Crippen LogP contribution in [-0.2, 0) is 0 Å². The Balaban J connectivity index is 2.15. The molecule has 106 valence electrons. The Morgan fingerprint density at radius 3 is 2.84 bits per heavy atom. The zero-order chi connectivity index (χ0) is 13.7. The second-order valence-electron chi connectivity index (χ2n) is 5.94. The number of pyridine rings is 1. The highest BCUT2D eigenvalue weighted by Crippen LogP contribution is 2.37. The maximum absolute atomic E-state index is 4.76. The molecule has 0 amide bonds. The smallest absolute Gasteiger partial charge is 0.0579 e. The quantitative estimate of drug-likeness (QED) is 0.855. The second-order valence-corrected chi connectivity index (χ2v) is 5.94. The molecule has 0 aliphatic heterocycles. The van der Waals surface area contributed by atoms with E-state index >= 15 is 0 Å². The number of aromatic nitrogens is 1. The highest BCUT2D eigenvalue weighted by molar-refractivity contribution is 5.14. The summed E-state index contributed by atoms with van der Waals surface area (Å²) in [5, 5.41) is 3.68. The minimum absolute atomic E-state index is 0.444. The maximum atomic E-state index is 4.76. The molecule has 1 fully saturated rings. The van der Waals surface area contributed by atoms with Crippen molar-refractivity contribution in [2.45, 2.75) is 58.9 Å². The highest BCUT2D eigenvalue weighted by Gasteiger charge is 2.29. The molecule has 1 aliphatic rings. The summed E-state index contributed by atoms with van der Waals surface area (Å²) < 4.78 is 0. The fourth-order valence-electron chi connectivity index (χ4n) is 3.48. The molecule has 2 heteroatoms. The van der Waals surface area contributed by atoms with Crippen molar-refractivity contribution in [1.29, 1.82) is 0 Å². The topological polar surface area (TPSA) is 24.9 Å². The van der Waals surface area contributed by atoms with Crippen LogP contribution < -0.4 is 5.32 Å². The Morgan fingerprint density at radius 1 is 1.32 bits per heavy atom. The number of hydrogen-bond donors (Lipinski definition) is 1. The molecule has 1 saturated carbocycles. The molecule has 0 aromatic carbocycles. The van der Waals surface area contributed by atoms with Crippen molar-refractivity contribution in [2.75, 3.05) is 6.54 Å². The Kier molecular flexibility index (Phi) is 5.38. The van der Waals surface area contributed by atoms with Gasteiger partial charge in [0.1, 0.15) is 0 Å². The van der Waals surface area contributed by atoms with Gasteiger partial charge in [0.25, 0.3) is 0 Å². The molecule has 1 N–H and O–H groups in total. The van der Waals surface area contributed by atoms with Gasteiger partial charge in [-0.25, -0.2) is 0 Å². The zero-order valence-electron chi connectivity index (χ0n) is 12.7. The summed E-state index contributed by atoms with van der Waals surface area (Å²) in [6, 6.07) is 6.86. The third-order valence-electron chi connectivity index (χ3n) is 4.52. The van der Waals surface area contributed by atoms with Crippen LogP contribution in [0.25, 0.3) is 0 Å². The molecule has 2 nitrogen and oxygen atoms in total. The average molecular weight is 260 g/mol. The Hall–Kier alpha value is -0.890. The average Bonchev–Trinajstić information content (AvgIpc) is 2.45. The maximum Gasteiger partial charge on any atom is 0.0579 e. The molecule has 2 rings (SSSR count). The number of nitrogens with one attached hydrogen (secondary N) is 1. The first-order valence-electron chi connectivity index (χ1n) is 7.91. The van der Waals surface area contributed by atoms with E-state index in [0.717, 1.165) is 24.1 Å². The Labute approximate surface area is 118 Å². The van der Waals surface area contributed by atoms with Crippen LogP contribution in [0.1, 0.15) is 63.4 Å². The lowest BCUT2D eigenvalue weighted by Crippen LogP contribution is -2.32. The molecule has 0 bridgehead atoms. The van der Waals surface area contributed by atoms with Gasteiger partial charge < -0.3 is 5.32 Å². The van der Waals surface area contributed by atoms with Crippen LogP contribution >= 0.6 is 0 Å². The van der Waals surface area contributed by atoms with E-state index in [1.165, 1.54) is 37.8 Å². The van der Waals surface area contributed by atoms with Gasteiger partial charge in [-0.2, -0.15) is 0 Å². The largest absolute Gasteiger partial charge is 0.309 e. The van der Waals surface area contributed by atoms with Crippen LogP contribution in [0, 0.1) is 18.8 Å². The monoisotopic (exact) mass is 260 g/mol. The molecule has 1 heterocycles. The lowest BCUT2D eigenvalue weighted by atomic mass is 9.76. The third kappa shape index (κ3) is 3.79. The lowest BCUT2D eigenvalue weighted by Gasteiger charge is -2.34. The molecule has 1 aromatic heterocycles. The molecule has 0 saturated heterocycles. The van der Waals surface area contributed by atoms with Crippen molar-refractivity contribution in [1.82, 2.24) is 10.3 Å². The van der Waals surface area contributed by atoms with E-state index in [9.17, 15) is 0 Å². The zero-order valence-corrected chi connectivity index (χ0v) is 12.7. The van der Waals surface area contributed by atoms with Gasteiger partial charge in [0, 0.05) is 5.69 Å². The number of aryl methyl sites for hydroxylation is 1. The molecule has 0 spiro atoms. The SMILES string of the molecule is CCNC(c1cccc(C)n1)C1CCCC(CC)C1. The van der Waals surface area contributed by atoms with Crippen LogP contribution in [0.2, 0.25) is 0 Å². The highest BCUT2D eigenvalue weighted by atomic mass is 14.9. The van der Waals surface area contributed by atoms with Crippen molar-refractivity contribution < 1.29 is 0 Å². The summed E-state index contributed by atoms with van der Waals surface area (Å²) in [6.07, 6.45) is 6.86. The van der Waals surface area contributed by atoms with Crippen molar-refractivity contribution in [3.63, 3.8) is 0 Å². The molecular weight excluding hydrogens is 232 g/mol. The van der Waals surface area contributed by atoms with Crippen LogP contribution in [0.3, 0.4) is 0 Å². The summed E-state index contributed by atoms with van der Waals surface area (Å²) in [5.74, 6) is 1.68. The van der Waals surface area contributed by atoms with E-state index in [2.05, 4.69) is 44.3 Å². The molecule has 3 atom stereocenters. The van der Waals surface area contributed by atoms with E-state index < -0.39 is 0 Å². The van der Waals surface area contributed by atoms with E-state index in [-0.39, 0.29) is 0 Å². The van der Waals surface area contributed by atoms with Crippen molar-refractivity contribution in [3.05, 3.63) is 29.6 Å². The van der Waals surface area contributed by atoms with Gasteiger partial charge in [0.05, 0.1) is 11.7 Å². The van der Waals surface area contributed by atoms with Crippen molar-refractivity contribution >= 4 is 0 Å². The van der Waals surface area contributed by atoms with E-state index in [4.69, 9.17) is 4.98 Å². The molecule has 3 unspecified atom stereocenters. The van der Waals surface area contributed by atoms with Gasteiger partial charge in [-0.05, 0) is 50.3 Å². The Morgan fingerprint density at radius 2 is 2.16 bits per heavy atom. The summed E-state index contributed by atoms with van der Waals surface area (Å²) in [7, 11) is 0. The predicted molar refractivity (Wildman–Crippen MR) is 81.1 cm³/mol. The normalized spacial score (nSPS) is 25.2. The fourth-order valence-corrected chi connectivity index (χ4v) is 3.48. The molecule has 0 radical (unpaired) electrons. The summed E-state index contributed by atoms with van der Waals surface area (Å²) in [4.78, 5) is 4.76. The number of nitrogens with zero attached hydrogens (tertiary/aromatic N) is 1. The van der Waals surface area contributed by atoms with Crippen molar-refractivity contribution in [2.24, 2.45) is 11.8 Å². The first kappa shape index (κ1) is 14.5. The van der Waals surface area contributed by atoms with Crippen LogP contribution in [0.4, 0.5) is 0 Å². The molecular formula is C17H28N2. The van der Waals surface area contributed by atoms with Crippen LogP contribution in [0.15, 0.2) is 18.2 Å². The minimum atomic E-state index is 0.444. The lowest BCUT2D eigenvalue weighted by molar-refractivity contribution is 0.208. The van der Waals surface area contributed by atoms with E-state index in [1.807, 2.05) is 0 Å². The van der Waals surface area contributed by atoms with Gasteiger partial charge in [0.2, 0.25) is 0 Å². The number of rotatable bonds is 5. The summed E-state index contributed by atoms with van der Waals surface area (Å²) in [5.41, 5.74) is 2.37. The second kappa shape index (κ2) is 7.04. The molecule has 19 heavy (non-hydrogen) atoms. The van der Waals surface area contributed by atoms with E-state index in [0.29, 0.717) is 6.04 Å². The first-order chi connectivity index (χ1) is 9.24. The van der Waals surface area contributed by atoms with Crippen molar-refractivity contribution in [3.8, 4) is 0 Å². The molecule has 1 aliphatic carbocycles. The fraction of sp³-hybridized carbons (Fsp3) is 0.706. The predicted octanol–water partition coefficient (Wildman–Crippen LogP) is 4.26. The van der Waals surface area contributed by atoms with Gasteiger partial charge in [-0.3, -0.25) is 4.98 Å². The van der Waals surface area contributed by atoms with Gasteiger partial charge in [0.15, 0.2) is 0 Å². The van der Waals surface area contributed by atoms with Crippen LogP contribution in [-0.4, -0.2) is 11.5 Å². The van der Waals surface area contributed by atoms with Crippen LogP contribution in [0.5, 0.6) is 0 Å². The molecule has 1 aromatic rings. The Bertz CT molecular complexity index is 389. The summed E-state index contributed by atoms with van der Waals surface area (Å²) in [6.45, 7) is 7.64. The number of hydrogen-bond acceptors (Lipinski definition) is 2.